The zero-order valence-corrected chi connectivity index (χ0v) is 23.8. The highest BCUT2D eigenvalue weighted by Gasteiger charge is 2.18. The first-order valence-electron chi connectivity index (χ1n) is 11.8. The van der Waals surface area contributed by atoms with Crippen molar-refractivity contribution in [1.82, 2.24) is 19.9 Å². The van der Waals surface area contributed by atoms with Gasteiger partial charge in [0.05, 0.1) is 9.37 Å². The summed E-state index contributed by atoms with van der Waals surface area (Å²) in [4.78, 5) is 16.6. The molecule has 0 aliphatic heterocycles. The van der Waals surface area contributed by atoms with E-state index in [0.29, 0.717) is 11.1 Å². The van der Waals surface area contributed by atoms with Crippen molar-refractivity contribution in [3.8, 4) is 23.0 Å². The van der Waals surface area contributed by atoms with E-state index >= 15 is 0 Å². The minimum Gasteiger partial charge on any atom is -0.474 e. The molecule has 0 fully saturated rings. The summed E-state index contributed by atoms with van der Waals surface area (Å²) in [6.07, 6.45) is 4.38. The molecule has 0 aliphatic rings. The molecule has 0 bridgehead atoms. The van der Waals surface area contributed by atoms with E-state index in [1.807, 2.05) is 31.2 Å². The second-order valence-electron chi connectivity index (χ2n) is 9.46. The predicted octanol–water partition coefficient (Wildman–Crippen LogP) is 6.15. The van der Waals surface area contributed by atoms with E-state index in [9.17, 15) is 8.42 Å². The molecule has 0 spiro atoms. The van der Waals surface area contributed by atoms with Crippen LogP contribution in [0.4, 0.5) is 5.82 Å². The monoisotopic (exact) mass is 596 g/mol. The SMILES string of the molecule is Cc1ccc(-c2c([N-]S(=O)(=O)c3ccc(C(C)(C)C)cc3)ncnc2OCCOc2ncc(Br)cn2)cc1. The number of nitrogens with zero attached hydrogens (tertiary/aromatic N) is 5. The van der Waals surface area contributed by atoms with Crippen molar-refractivity contribution >= 4 is 31.8 Å². The van der Waals surface area contributed by atoms with Gasteiger partial charge in [0, 0.05) is 24.3 Å². The lowest BCUT2D eigenvalue weighted by Crippen LogP contribution is -2.12. The number of halogens is 1. The van der Waals surface area contributed by atoms with Crippen molar-refractivity contribution < 1.29 is 17.9 Å². The molecule has 2 heterocycles. The molecule has 2 aromatic carbocycles. The molecule has 198 valence electrons. The molecule has 0 amide bonds. The minimum absolute atomic E-state index is 0.0177. The van der Waals surface area contributed by atoms with Crippen molar-refractivity contribution in [3.63, 3.8) is 0 Å². The van der Waals surface area contributed by atoms with Crippen LogP contribution < -0.4 is 9.47 Å². The average molecular weight is 598 g/mol. The molecule has 0 radical (unpaired) electrons. The maximum Gasteiger partial charge on any atom is 0.316 e. The van der Waals surface area contributed by atoms with E-state index in [-0.39, 0.29) is 41.2 Å². The Morgan fingerprint density at radius 2 is 1.50 bits per heavy atom. The fraction of sp³-hybridized carbons (Fsp3) is 0.259. The first-order chi connectivity index (χ1) is 18.0. The van der Waals surface area contributed by atoms with Gasteiger partial charge in [-0.15, -0.1) is 0 Å². The van der Waals surface area contributed by atoms with Gasteiger partial charge in [-0.05, 0) is 57.3 Å². The van der Waals surface area contributed by atoms with Gasteiger partial charge < -0.3 is 19.2 Å². The topological polar surface area (TPSA) is 118 Å². The number of sulfonamides is 1. The smallest absolute Gasteiger partial charge is 0.316 e. The number of aryl methyl sites for hydroxylation is 1. The van der Waals surface area contributed by atoms with E-state index in [2.05, 4.69) is 61.4 Å². The summed E-state index contributed by atoms with van der Waals surface area (Å²) in [5, 5.41) is 0. The van der Waals surface area contributed by atoms with Crippen LogP contribution in [0.25, 0.3) is 15.8 Å². The molecular formula is C27H27BrN5O4S-. The van der Waals surface area contributed by atoms with Crippen molar-refractivity contribution in [2.75, 3.05) is 13.2 Å². The van der Waals surface area contributed by atoms with Gasteiger partial charge in [0.2, 0.25) is 15.9 Å². The van der Waals surface area contributed by atoms with Gasteiger partial charge >= 0.3 is 6.01 Å². The van der Waals surface area contributed by atoms with Crippen molar-refractivity contribution in [3.05, 3.63) is 87.6 Å². The average Bonchev–Trinajstić information content (AvgIpc) is 2.88. The van der Waals surface area contributed by atoms with E-state index in [4.69, 9.17) is 9.47 Å². The highest BCUT2D eigenvalue weighted by Crippen LogP contribution is 2.40. The van der Waals surface area contributed by atoms with Gasteiger partial charge in [0.1, 0.15) is 13.2 Å². The van der Waals surface area contributed by atoms with Crippen LogP contribution in [-0.4, -0.2) is 41.6 Å². The van der Waals surface area contributed by atoms with E-state index in [1.165, 1.54) is 6.33 Å². The quantitative estimate of drug-likeness (QED) is 0.211. The Kier molecular flexibility index (Phi) is 8.27. The van der Waals surface area contributed by atoms with Gasteiger partial charge in [0.25, 0.3) is 0 Å². The molecule has 4 aromatic rings. The maximum absolute atomic E-state index is 13.2. The number of benzene rings is 2. The second-order valence-corrected chi connectivity index (χ2v) is 12.0. The molecule has 2 aromatic heterocycles. The number of hydrogen-bond donors (Lipinski definition) is 0. The van der Waals surface area contributed by atoms with Crippen LogP contribution in [0.5, 0.6) is 11.9 Å². The van der Waals surface area contributed by atoms with Crippen LogP contribution in [0.2, 0.25) is 0 Å². The van der Waals surface area contributed by atoms with Crippen molar-refractivity contribution in [2.24, 2.45) is 0 Å². The molecule has 4 rings (SSSR count). The minimum atomic E-state index is -4.06. The summed E-state index contributed by atoms with van der Waals surface area (Å²) in [5.41, 5.74) is 2.98. The number of rotatable bonds is 9. The lowest BCUT2D eigenvalue weighted by atomic mass is 9.87. The second kappa shape index (κ2) is 11.4. The predicted molar refractivity (Wildman–Crippen MR) is 148 cm³/mol. The van der Waals surface area contributed by atoms with Gasteiger partial charge in [0.15, 0.2) is 0 Å². The summed E-state index contributed by atoms with van der Waals surface area (Å²) >= 11 is 3.27. The highest BCUT2D eigenvalue weighted by atomic mass is 79.9. The van der Waals surface area contributed by atoms with Crippen LogP contribution in [0.15, 0.2) is 76.6 Å². The van der Waals surface area contributed by atoms with Crippen LogP contribution in [0, 0.1) is 6.92 Å². The summed E-state index contributed by atoms with van der Waals surface area (Å²) in [6.45, 7) is 8.40. The normalized spacial score (nSPS) is 11.7. The number of ether oxygens (including phenoxy) is 2. The molecule has 0 aliphatic carbocycles. The molecule has 0 saturated heterocycles. The van der Waals surface area contributed by atoms with E-state index < -0.39 is 10.0 Å². The number of aromatic nitrogens is 4. The maximum atomic E-state index is 13.2. The molecule has 0 atom stereocenters. The van der Waals surface area contributed by atoms with Crippen molar-refractivity contribution in [1.29, 1.82) is 0 Å². The first kappa shape index (κ1) is 27.5. The standard InChI is InChI=1S/C27H27BrN5O4S/c1-18-5-7-19(8-6-18)23-24(33-38(34,35)22-11-9-20(10-12-22)27(2,3)4)31-17-32-25(23)36-13-14-37-26-29-15-21(28)16-30-26/h5-12,15-17H,13-14H2,1-4H3/q-1. The van der Waals surface area contributed by atoms with Gasteiger partial charge in [-0.2, -0.15) is 0 Å². The summed E-state index contributed by atoms with van der Waals surface area (Å²) in [5.74, 6) is 0.164. The Hall–Kier alpha value is -3.57. The van der Waals surface area contributed by atoms with Crippen molar-refractivity contribution in [2.45, 2.75) is 38.0 Å². The van der Waals surface area contributed by atoms with Gasteiger partial charge in [-0.1, -0.05) is 62.7 Å². The van der Waals surface area contributed by atoms with Gasteiger partial charge in [-0.3, -0.25) is 0 Å². The summed E-state index contributed by atoms with van der Waals surface area (Å²) in [7, 11) is -4.06. The zero-order valence-electron chi connectivity index (χ0n) is 21.4. The van der Waals surface area contributed by atoms with Crippen LogP contribution >= 0.6 is 15.9 Å². The third-order valence-electron chi connectivity index (χ3n) is 5.51. The van der Waals surface area contributed by atoms with Crippen LogP contribution in [0.3, 0.4) is 0 Å². The van der Waals surface area contributed by atoms with Crippen LogP contribution in [-0.2, 0) is 15.4 Å². The fourth-order valence-electron chi connectivity index (χ4n) is 3.45. The Labute approximate surface area is 230 Å². The van der Waals surface area contributed by atoms with Crippen LogP contribution in [0.1, 0.15) is 31.9 Å². The first-order valence-corrected chi connectivity index (χ1v) is 14.0. The Morgan fingerprint density at radius 1 is 0.868 bits per heavy atom. The molecular weight excluding hydrogens is 570 g/mol. The highest BCUT2D eigenvalue weighted by molar-refractivity contribution is 9.10. The fourth-order valence-corrected chi connectivity index (χ4v) is 4.61. The largest absolute Gasteiger partial charge is 0.474 e. The molecule has 0 N–H and O–H groups in total. The third kappa shape index (κ3) is 6.84. The number of hydrogen-bond acceptors (Lipinski definition) is 8. The summed E-state index contributed by atoms with van der Waals surface area (Å²) in [6, 6.07) is 14.4. The Bertz CT molecular complexity index is 1490. The van der Waals surface area contributed by atoms with E-state index in [1.54, 1.807) is 36.7 Å². The summed E-state index contributed by atoms with van der Waals surface area (Å²) < 4.78 is 42.7. The molecule has 0 unspecified atom stereocenters. The molecule has 38 heavy (non-hydrogen) atoms. The zero-order chi connectivity index (χ0) is 27.3. The third-order valence-corrected chi connectivity index (χ3v) is 7.20. The Balaban J connectivity index is 1.60. The lowest BCUT2D eigenvalue weighted by molar-refractivity contribution is 0.202. The molecule has 11 heteroatoms. The van der Waals surface area contributed by atoms with Gasteiger partial charge in [-0.25, -0.2) is 23.4 Å². The molecule has 0 saturated carbocycles. The Morgan fingerprint density at radius 3 is 2.13 bits per heavy atom. The lowest BCUT2D eigenvalue weighted by Gasteiger charge is -2.23. The van der Waals surface area contributed by atoms with E-state index in [0.717, 1.165) is 15.6 Å². The molecule has 9 nitrogen and oxygen atoms in total.